The van der Waals surface area contributed by atoms with Crippen LogP contribution in [-0.2, 0) is 6.42 Å². The normalized spacial score (nSPS) is 24.9. The number of hydrogen-bond acceptors (Lipinski definition) is 1. The van der Waals surface area contributed by atoms with Crippen molar-refractivity contribution >= 4 is 11.6 Å². The third kappa shape index (κ3) is 4.33. The minimum absolute atomic E-state index is 0.0121. The summed E-state index contributed by atoms with van der Waals surface area (Å²) >= 11 is 5.64. The minimum Gasteiger partial charge on any atom is -0.392 e. The summed E-state index contributed by atoms with van der Waals surface area (Å²) in [6, 6.07) is 4.11. The van der Waals surface area contributed by atoms with E-state index >= 15 is 0 Å². The molecule has 1 nitrogen and oxygen atoms in total. The van der Waals surface area contributed by atoms with Gasteiger partial charge in [0.15, 0.2) is 0 Å². The van der Waals surface area contributed by atoms with Crippen LogP contribution in [0.25, 0.3) is 0 Å². The van der Waals surface area contributed by atoms with Crippen LogP contribution < -0.4 is 0 Å². The second-order valence-corrected chi connectivity index (χ2v) is 6.11. The Morgan fingerprint density at radius 2 is 2.00 bits per heavy atom. The maximum absolute atomic E-state index is 13.7. The first-order valence-corrected chi connectivity index (χ1v) is 7.34. The SMILES string of the molecule is OC(Cc1ccc(Cl)cc1F)C1CCCC(C(F)(F)F)C1. The third-order valence-electron chi connectivity index (χ3n) is 4.17. The number of rotatable bonds is 3. The molecule has 1 N–H and O–H groups in total. The van der Waals surface area contributed by atoms with Crippen LogP contribution in [0.1, 0.15) is 31.2 Å². The Balaban J connectivity index is 2.01. The van der Waals surface area contributed by atoms with E-state index in [4.69, 9.17) is 11.6 Å². The standard InChI is InChI=1S/C15H17ClF4O/c16-12-5-4-9(13(17)8-12)7-14(21)10-2-1-3-11(6-10)15(18,19)20/h4-5,8,10-11,14,21H,1-3,6-7H2. The van der Waals surface area contributed by atoms with Gasteiger partial charge in [0.1, 0.15) is 5.82 Å². The van der Waals surface area contributed by atoms with Crippen molar-refractivity contribution in [3.05, 3.63) is 34.6 Å². The van der Waals surface area contributed by atoms with E-state index in [-0.39, 0.29) is 29.8 Å². The van der Waals surface area contributed by atoms with Crippen molar-refractivity contribution in [1.82, 2.24) is 0 Å². The molecular weight excluding hydrogens is 308 g/mol. The maximum atomic E-state index is 13.7. The molecule has 0 radical (unpaired) electrons. The monoisotopic (exact) mass is 324 g/mol. The van der Waals surface area contributed by atoms with Gasteiger partial charge < -0.3 is 5.11 Å². The zero-order chi connectivity index (χ0) is 15.6. The molecule has 0 spiro atoms. The van der Waals surface area contributed by atoms with Crippen LogP contribution in [0.3, 0.4) is 0 Å². The summed E-state index contributed by atoms with van der Waals surface area (Å²) in [5.41, 5.74) is 0.279. The van der Waals surface area contributed by atoms with E-state index in [1.165, 1.54) is 12.1 Å². The second kappa shape index (κ2) is 6.53. The van der Waals surface area contributed by atoms with Gasteiger partial charge in [-0.3, -0.25) is 0 Å². The summed E-state index contributed by atoms with van der Waals surface area (Å²) in [7, 11) is 0. The Hall–Kier alpha value is -0.810. The third-order valence-corrected chi connectivity index (χ3v) is 4.40. The molecule has 0 aromatic heterocycles. The molecule has 0 amide bonds. The topological polar surface area (TPSA) is 20.2 Å². The summed E-state index contributed by atoms with van der Waals surface area (Å²) in [4.78, 5) is 0. The molecule has 6 heteroatoms. The fourth-order valence-electron chi connectivity index (χ4n) is 2.95. The maximum Gasteiger partial charge on any atom is 0.391 e. The lowest BCUT2D eigenvalue weighted by molar-refractivity contribution is -0.188. The molecule has 1 aliphatic carbocycles. The zero-order valence-electron chi connectivity index (χ0n) is 11.3. The number of aliphatic hydroxyl groups is 1. The second-order valence-electron chi connectivity index (χ2n) is 5.67. The van der Waals surface area contributed by atoms with Gasteiger partial charge in [0, 0.05) is 11.4 Å². The van der Waals surface area contributed by atoms with Gasteiger partial charge in [-0.1, -0.05) is 24.1 Å². The lowest BCUT2D eigenvalue weighted by Crippen LogP contribution is -2.34. The average molecular weight is 325 g/mol. The van der Waals surface area contributed by atoms with Gasteiger partial charge in [-0.05, 0) is 42.9 Å². The molecule has 0 heterocycles. The van der Waals surface area contributed by atoms with Gasteiger partial charge in [0.2, 0.25) is 0 Å². The molecule has 21 heavy (non-hydrogen) atoms. The van der Waals surface area contributed by atoms with E-state index in [0.717, 1.165) is 6.07 Å². The smallest absolute Gasteiger partial charge is 0.391 e. The highest BCUT2D eigenvalue weighted by molar-refractivity contribution is 6.30. The van der Waals surface area contributed by atoms with Gasteiger partial charge >= 0.3 is 6.18 Å². The summed E-state index contributed by atoms with van der Waals surface area (Å²) in [5, 5.41) is 10.4. The van der Waals surface area contributed by atoms with Crippen LogP contribution in [0.2, 0.25) is 5.02 Å². The number of aliphatic hydroxyl groups excluding tert-OH is 1. The molecule has 2 rings (SSSR count). The highest BCUT2D eigenvalue weighted by atomic mass is 35.5. The Bertz CT molecular complexity index is 489. The van der Waals surface area contributed by atoms with Gasteiger partial charge in [0.25, 0.3) is 0 Å². The minimum atomic E-state index is -4.22. The van der Waals surface area contributed by atoms with E-state index in [2.05, 4.69) is 0 Å². The van der Waals surface area contributed by atoms with Gasteiger partial charge in [0.05, 0.1) is 12.0 Å². The van der Waals surface area contributed by atoms with Crippen molar-refractivity contribution in [3.63, 3.8) is 0 Å². The molecule has 1 saturated carbocycles. The van der Waals surface area contributed by atoms with Crippen LogP contribution in [0.15, 0.2) is 18.2 Å². The van der Waals surface area contributed by atoms with Crippen molar-refractivity contribution < 1.29 is 22.7 Å². The molecule has 1 fully saturated rings. The first kappa shape index (κ1) is 16.6. The summed E-state index contributed by atoms with van der Waals surface area (Å²) < 4.78 is 51.9. The molecule has 3 atom stereocenters. The lowest BCUT2D eigenvalue weighted by Gasteiger charge is -2.33. The van der Waals surface area contributed by atoms with Crippen molar-refractivity contribution in [1.29, 1.82) is 0 Å². The Morgan fingerprint density at radius 1 is 1.29 bits per heavy atom. The number of halogens is 5. The van der Waals surface area contributed by atoms with E-state index < -0.39 is 29.9 Å². The largest absolute Gasteiger partial charge is 0.392 e. The van der Waals surface area contributed by atoms with Crippen LogP contribution in [0.5, 0.6) is 0 Å². The first-order valence-electron chi connectivity index (χ1n) is 6.96. The van der Waals surface area contributed by atoms with Crippen molar-refractivity contribution in [2.24, 2.45) is 11.8 Å². The quantitative estimate of drug-likeness (QED) is 0.795. The molecule has 1 aliphatic rings. The molecule has 0 aliphatic heterocycles. The predicted molar refractivity (Wildman–Crippen MR) is 72.6 cm³/mol. The Labute approximate surface area is 125 Å². The fraction of sp³-hybridized carbons (Fsp3) is 0.600. The average Bonchev–Trinajstić information content (AvgIpc) is 2.41. The van der Waals surface area contributed by atoms with E-state index in [0.29, 0.717) is 12.8 Å². The Morgan fingerprint density at radius 3 is 2.62 bits per heavy atom. The van der Waals surface area contributed by atoms with E-state index in [1.807, 2.05) is 0 Å². The molecule has 0 saturated heterocycles. The van der Waals surface area contributed by atoms with Crippen molar-refractivity contribution in [3.8, 4) is 0 Å². The summed E-state index contributed by atoms with van der Waals surface area (Å²) in [6.07, 6.45) is -4.16. The number of hydrogen-bond donors (Lipinski definition) is 1. The fourth-order valence-corrected chi connectivity index (χ4v) is 3.11. The zero-order valence-corrected chi connectivity index (χ0v) is 12.1. The number of benzene rings is 1. The van der Waals surface area contributed by atoms with Gasteiger partial charge in [-0.2, -0.15) is 13.2 Å². The molecule has 1 aromatic carbocycles. The predicted octanol–water partition coefficient (Wildman–Crippen LogP) is 4.75. The van der Waals surface area contributed by atoms with E-state index in [9.17, 15) is 22.7 Å². The molecule has 3 unspecified atom stereocenters. The first-order chi connectivity index (χ1) is 9.77. The molecular formula is C15H17ClF4O. The van der Waals surface area contributed by atoms with Crippen LogP contribution in [-0.4, -0.2) is 17.4 Å². The summed E-state index contributed by atoms with van der Waals surface area (Å²) in [5.74, 6) is -2.34. The van der Waals surface area contributed by atoms with E-state index in [1.54, 1.807) is 0 Å². The summed E-state index contributed by atoms with van der Waals surface area (Å²) in [6.45, 7) is 0. The van der Waals surface area contributed by atoms with Crippen molar-refractivity contribution in [2.45, 2.75) is 44.4 Å². The van der Waals surface area contributed by atoms with Crippen LogP contribution in [0, 0.1) is 17.7 Å². The Kier molecular flexibility index (Phi) is 5.15. The van der Waals surface area contributed by atoms with Crippen molar-refractivity contribution in [2.75, 3.05) is 0 Å². The molecule has 118 valence electrons. The van der Waals surface area contributed by atoms with Crippen LogP contribution >= 0.6 is 11.6 Å². The molecule has 0 bridgehead atoms. The lowest BCUT2D eigenvalue weighted by atomic mass is 9.77. The highest BCUT2D eigenvalue weighted by Gasteiger charge is 2.43. The van der Waals surface area contributed by atoms with Gasteiger partial charge in [-0.25, -0.2) is 4.39 Å². The molecule has 1 aromatic rings. The van der Waals surface area contributed by atoms with Crippen LogP contribution in [0.4, 0.5) is 17.6 Å². The highest BCUT2D eigenvalue weighted by Crippen LogP contribution is 2.41. The van der Waals surface area contributed by atoms with Gasteiger partial charge in [-0.15, -0.1) is 0 Å². The number of alkyl halides is 3.